The average Bonchev–Trinajstić information content (AvgIpc) is 3.07. The summed E-state index contributed by atoms with van der Waals surface area (Å²) in [5.41, 5.74) is 3.67. The molecule has 0 aliphatic heterocycles. The summed E-state index contributed by atoms with van der Waals surface area (Å²) >= 11 is 1.65. The van der Waals surface area contributed by atoms with Crippen molar-refractivity contribution < 1.29 is 9.53 Å². The lowest BCUT2D eigenvalue weighted by Gasteiger charge is -2.06. The molecule has 0 bridgehead atoms. The van der Waals surface area contributed by atoms with Gasteiger partial charge in [0.1, 0.15) is 5.75 Å². The smallest absolute Gasteiger partial charge is 0.195 e. The first-order valence-corrected chi connectivity index (χ1v) is 9.26. The van der Waals surface area contributed by atoms with Crippen LogP contribution in [0.2, 0.25) is 0 Å². The van der Waals surface area contributed by atoms with E-state index in [1.807, 2.05) is 73.7 Å². The van der Waals surface area contributed by atoms with Gasteiger partial charge in [-0.2, -0.15) is 0 Å². The first-order valence-electron chi connectivity index (χ1n) is 8.44. The average molecular weight is 358 g/mol. The van der Waals surface area contributed by atoms with Crippen LogP contribution in [0.1, 0.15) is 21.5 Å². The van der Waals surface area contributed by atoms with Crippen molar-refractivity contribution in [1.82, 2.24) is 0 Å². The van der Waals surface area contributed by atoms with E-state index in [-0.39, 0.29) is 5.78 Å². The van der Waals surface area contributed by atoms with E-state index in [9.17, 15) is 4.79 Å². The van der Waals surface area contributed by atoms with Crippen LogP contribution in [0.25, 0.3) is 20.5 Å². The van der Waals surface area contributed by atoms with Crippen LogP contribution in [0.5, 0.6) is 5.75 Å². The summed E-state index contributed by atoms with van der Waals surface area (Å²) in [4.78, 5) is 14.3. The minimum absolute atomic E-state index is 0.0632. The largest absolute Gasteiger partial charge is 0.497 e. The molecule has 0 spiro atoms. The third-order valence-electron chi connectivity index (χ3n) is 4.49. The standard InChI is InChI=1S/C23H18O2S/c1-15-7-9-16(10-8-15)22(24)21-19-5-3-4-6-20(19)26-23(21)17-11-13-18(25-2)14-12-17/h3-14H,1-2H3. The zero-order chi connectivity index (χ0) is 18.1. The van der Waals surface area contributed by atoms with Crippen LogP contribution >= 0.6 is 11.3 Å². The molecule has 0 N–H and O–H groups in total. The first kappa shape index (κ1) is 16.6. The number of benzene rings is 3. The molecule has 1 heterocycles. The monoisotopic (exact) mass is 358 g/mol. The number of ether oxygens (including phenoxy) is 1. The van der Waals surface area contributed by atoms with Gasteiger partial charge < -0.3 is 4.74 Å². The van der Waals surface area contributed by atoms with Crippen LogP contribution in [0.3, 0.4) is 0 Å². The Hall–Kier alpha value is -2.91. The third kappa shape index (κ3) is 2.91. The number of ketones is 1. The van der Waals surface area contributed by atoms with E-state index in [4.69, 9.17) is 4.74 Å². The van der Waals surface area contributed by atoms with E-state index in [0.717, 1.165) is 37.4 Å². The molecule has 0 amide bonds. The van der Waals surface area contributed by atoms with E-state index < -0.39 is 0 Å². The zero-order valence-corrected chi connectivity index (χ0v) is 15.5. The number of thiophene rings is 1. The predicted octanol–water partition coefficient (Wildman–Crippen LogP) is 6.12. The van der Waals surface area contributed by atoms with Gasteiger partial charge in [0, 0.05) is 26.1 Å². The molecule has 1 aromatic heterocycles. The molecule has 4 aromatic rings. The normalized spacial score (nSPS) is 10.8. The van der Waals surface area contributed by atoms with Gasteiger partial charge in [-0.25, -0.2) is 0 Å². The molecule has 0 aliphatic carbocycles. The van der Waals surface area contributed by atoms with Gasteiger partial charge in [-0.15, -0.1) is 11.3 Å². The lowest BCUT2D eigenvalue weighted by atomic mass is 9.97. The van der Waals surface area contributed by atoms with Crippen molar-refractivity contribution in [3.63, 3.8) is 0 Å². The maximum Gasteiger partial charge on any atom is 0.195 e. The maximum absolute atomic E-state index is 13.3. The summed E-state index contributed by atoms with van der Waals surface area (Å²) in [7, 11) is 1.65. The van der Waals surface area contributed by atoms with Crippen LogP contribution in [-0.2, 0) is 0 Å². The number of methoxy groups -OCH3 is 1. The molecule has 0 fully saturated rings. The van der Waals surface area contributed by atoms with Crippen molar-refractivity contribution in [2.45, 2.75) is 6.92 Å². The van der Waals surface area contributed by atoms with Crippen molar-refractivity contribution in [1.29, 1.82) is 0 Å². The Bertz CT molecular complexity index is 1070. The summed E-state index contributed by atoms with van der Waals surface area (Å²) in [5, 5.41) is 1.01. The zero-order valence-electron chi connectivity index (χ0n) is 14.7. The summed E-state index contributed by atoms with van der Waals surface area (Å²) in [6, 6.07) is 23.7. The molecule has 128 valence electrons. The van der Waals surface area contributed by atoms with E-state index in [0.29, 0.717) is 5.56 Å². The summed E-state index contributed by atoms with van der Waals surface area (Å²) in [6.07, 6.45) is 0. The van der Waals surface area contributed by atoms with Crippen molar-refractivity contribution in [2.24, 2.45) is 0 Å². The van der Waals surface area contributed by atoms with Crippen LogP contribution in [0, 0.1) is 6.92 Å². The molecule has 26 heavy (non-hydrogen) atoms. The summed E-state index contributed by atoms with van der Waals surface area (Å²) in [5.74, 6) is 0.870. The van der Waals surface area contributed by atoms with Gasteiger partial charge in [0.15, 0.2) is 5.78 Å². The molecule has 0 radical (unpaired) electrons. The van der Waals surface area contributed by atoms with Crippen molar-refractivity contribution in [3.05, 3.63) is 89.5 Å². The number of rotatable bonds is 4. The van der Waals surface area contributed by atoms with Crippen LogP contribution in [0.4, 0.5) is 0 Å². The molecular formula is C23H18O2S. The fourth-order valence-corrected chi connectivity index (χ4v) is 4.27. The topological polar surface area (TPSA) is 26.3 Å². The predicted molar refractivity (Wildman–Crippen MR) is 108 cm³/mol. The van der Waals surface area contributed by atoms with Gasteiger partial charge in [-0.3, -0.25) is 4.79 Å². The van der Waals surface area contributed by atoms with Crippen molar-refractivity contribution in [3.8, 4) is 16.2 Å². The van der Waals surface area contributed by atoms with Crippen LogP contribution in [0.15, 0.2) is 72.8 Å². The van der Waals surface area contributed by atoms with Crippen molar-refractivity contribution in [2.75, 3.05) is 7.11 Å². The summed E-state index contributed by atoms with van der Waals surface area (Å²) < 4.78 is 6.38. The minimum Gasteiger partial charge on any atom is -0.497 e. The number of carbonyl (C=O) groups is 1. The fraction of sp³-hybridized carbons (Fsp3) is 0.0870. The molecule has 3 aromatic carbocycles. The number of hydrogen-bond donors (Lipinski definition) is 0. The van der Waals surface area contributed by atoms with E-state index in [1.165, 1.54) is 0 Å². The lowest BCUT2D eigenvalue weighted by molar-refractivity contribution is 0.104. The highest BCUT2D eigenvalue weighted by Crippen LogP contribution is 2.40. The Morgan fingerprint density at radius 1 is 0.885 bits per heavy atom. The van der Waals surface area contributed by atoms with Crippen LogP contribution < -0.4 is 4.74 Å². The van der Waals surface area contributed by atoms with Gasteiger partial charge in [0.2, 0.25) is 0 Å². The van der Waals surface area contributed by atoms with Crippen molar-refractivity contribution >= 4 is 27.2 Å². The number of fused-ring (bicyclic) bond motifs is 1. The molecule has 0 saturated heterocycles. The molecule has 4 rings (SSSR count). The highest BCUT2D eigenvalue weighted by atomic mass is 32.1. The number of aryl methyl sites for hydroxylation is 1. The Kier molecular flexibility index (Phi) is 4.31. The second-order valence-corrected chi connectivity index (χ2v) is 7.28. The van der Waals surface area contributed by atoms with Gasteiger partial charge in [-0.1, -0.05) is 48.0 Å². The molecule has 0 atom stereocenters. The molecule has 0 saturated carbocycles. The second kappa shape index (κ2) is 6.77. The second-order valence-electron chi connectivity index (χ2n) is 6.23. The maximum atomic E-state index is 13.3. The van der Waals surface area contributed by atoms with Gasteiger partial charge in [0.05, 0.1) is 7.11 Å². The highest BCUT2D eigenvalue weighted by molar-refractivity contribution is 7.22. The molecule has 0 unspecified atom stereocenters. The summed E-state index contributed by atoms with van der Waals surface area (Å²) in [6.45, 7) is 2.02. The molecule has 3 heteroatoms. The molecular weight excluding hydrogens is 340 g/mol. The minimum atomic E-state index is 0.0632. The Balaban J connectivity index is 1.91. The van der Waals surface area contributed by atoms with E-state index in [2.05, 4.69) is 6.07 Å². The number of hydrogen-bond acceptors (Lipinski definition) is 3. The Morgan fingerprint density at radius 2 is 1.58 bits per heavy atom. The Morgan fingerprint density at radius 3 is 2.27 bits per heavy atom. The Labute approximate surface area is 156 Å². The SMILES string of the molecule is COc1ccc(-c2sc3ccccc3c2C(=O)c2ccc(C)cc2)cc1. The number of carbonyl (C=O) groups excluding carboxylic acids is 1. The lowest BCUT2D eigenvalue weighted by Crippen LogP contribution is -2.02. The van der Waals surface area contributed by atoms with Gasteiger partial charge >= 0.3 is 0 Å². The van der Waals surface area contributed by atoms with E-state index in [1.54, 1.807) is 18.4 Å². The van der Waals surface area contributed by atoms with Gasteiger partial charge in [0.25, 0.3) is 0 Å². The molecule has 2 nitrogen and oxygen atoms in total. The fourth-order valence-electron chi connectivity index (χ4n) is 3.07. The molecule has 0 aliphatic rings. The van der Waals surface area contributed by atoms with Gasteiger partial charge in [-0.05, 0) is 42.8 Å². The third-order valence-corrected chi connectivity index (χ3v) is 5.71. The first-order chi connectivity index (χ1) is 12.7. The van der Waals surface area contributed by atoms with E-state index >= 15 is 0 Å². The van der Waals surface area contributed by atoms with Crippen LogP contribution in [-0.4, -0.2) is 12.9 Å². The quantitative estimate of drug-likeness (QED) is 0.411. The highest BCUT2D eigenvalue weighted by Gasteiger charge is 2.21.